The molecule has 21 heavy (non-hydrogen) atoms. The SMILES string of the molecule is Cc1ccc(Nc2c(C#N)nnc3ccc(C)cc23)cc1. The summed E-state index contributed by atoms with van der Waals surface area (Å²) >= 11 is 0. The molecule has 1 N–H and O–H groups in total. The number of rotatable bonds is 2. The molecule has 102 valence electrons. The molecule has 1 aromatic heterocycles. The Labute approximate surface area is 123 Å². The molecule has 0 saturated heterocycles. The molecule has 0 fully saturated rings. The number of benzene rings is 2. The molecule has 4 nitrogen and oxygen atoms in total. The van der Waals surface area contributed by atoms with E-state index in [4.69, 9.17) is 0 Å². The van der Waals surface area contributed by atoms with Crippen molar-refractivity contribution in [2.45, 2.75) is 13.8 Å². The third-order valence-corrected chi connectivity index (χ3v) is 3.34. The first kappa shape index (κ1) is 13.1. The van der Waals surface area contributed by atoms with Gasteiger partial charge in [-0.1, -0.05) is 29.3 Å². The molecule has 0 bridgehead atoms. The van der Waals surface area contributed by atoms with Gasteiger partial charge in [0.2, 0.25) is 0 Å². The van der Waals surface area contributed by atoms with E-state index in [2.05, 4.69) is 21.6 Å². The van der Waals surface area contributed by atoms with Crippen LogP contribution in [0.15, 0.2) is 42.5 Å². The first-order chi connectivity index (χ1) is 10.2. The molecule has 2 aromatic carbocycles. The molecular formula is C17H14N4. The van der Waals surface area contributed by atoms with Gasteiger partial charge in [0.1, 0.15) is 6.07 Å². The van der Waals surface area contributed by atoms with E-state index < -0.39 is 0 Å². The maximum absolute atomic E-state index is 9.28. The first-order valence-corrected chi connectivity index (χ1v) is 6.68. The molecule has 0 spiro atoms. The Morgan fingerprint density at radius 2 is 1.67 bits per heavy atom. The second-order valence-electron chi connectivity index (χ2n) is 5.05. The monoisotopic (exact) mass is 274 g/mol. The summed E-state index contributed by atoms with van der Waals surface area (Å²) in [5, 5.41) is 21.6. The van der Waals surface area contributed by atoms with Crippen LogP contribution < -0.4 is 5.32 Å². The van der Waals surface area contributed by atoms with Crippen molar-refractivity contribution in [3.63, 3.8) is 0 Å². The van der Waals surface area contributed by atoms with E-state index in [0.717, 1.165) is 22.2 Å². The minimum absolute atomic E-state index is 0.300. The van der Waals surface area contributed by atoms with Gasteiger partial charge < -0.3 is 5.32 Å². The normalized spacial score (nSPS) is 10.3. The zero-order valence-electron chi connectivity index (χ0n) is 11.9. The van der Waals surface area contributed by atoms with Gasteiger partial charge in [-0.15, -0.1) is 10.2 Å². The van der Waals surface area contributed by atoms with Crippen molar-refractivity contribution in [2.75, 3.05) is 5.32 Å². The van der Waals surface area contributed by atoms with Crippen molar-refractivity contribution in [1.82, 2.24) is 10.2 Å². The Kier molecular flexibility index (Phi) is 3.25. The van der Waals surface area contributed by atoms with Gasteiger partial charge in [0.25, 0.3) is 0 Å². The van der Waals surface area contributed by atoms with Crippen molar-refractivity contribution in [2.24, 2.45) is 0 Å². The largest absolute Gasteiger partial charge is 0.353 e. The Hall–Kier alpha value is -2.93. The maximum Gasteiger partial charge on any atom is 0.187 e. The Morgan fingerprint density at radius 3 is 2.38 bits per heavy atom. The summed E-state index contributed by atoms with van der Waals surface area (Å²) in [6, 6.07) is 16.0. The average molecular weight is 274 g/mol. The van der Waals surface area contributed by atoms with Crippen LogP contribution in [0.4, 0.5) is 11.4 Å². The molecule has 0 unspecified atom stereocenters. The van der Waals surface area contributed by atoms with Crippen molar-refractivity contribution in [3.05, 3.63) is 59.3 Å². The van der Waals surface area contributed by atoms with Gasteiger partial charge in [-0.25, -0.2) is 0 Å². The highest BCUT2D eigenvalue weighted by molar-refractivity contribution is 5.95. The second-order valence-corrected chi connectivity index (χ2v) is 5.05. The molecule has 0 aliphatic heterocycles. The highest BCUT2D eigenvalue weighted by Gasteiger charge is 2.11. The van der Waals surface area contributed by atoms with Crippen LogP contribution in [0.1, 0.15) is 16.8 Å². The summed E-state index contributed by atoms with van der Waals surface area (Å²) in [6.07, 6.45) is 0. The van der Waals surface area contributed by atoms with E-state index in [1.54, 1.807) is 0 Å². The Bertz CT molecular complexity index is 845. The fourth-order valence-corrected chi connectivity index (χ4v) is 2.20. The zero-order chi connectivity index (χ0) is 14.8. The van der Waals surface area contributed by atoms with Gasteiger partial charge >= 0.3 is 0 Å². The number of fused-ring (bicyclic) bond motifs is 1. The fraction of sp³-hybridized carbons (Fsp3) is 0.118. The van der Waals surface area contributed by atoms with E-state index in [0.29, 0.717) is 11.4 Å². The van der Waals surface area contributed by atoms with Crippen LogP contribution in [-0.4, -0.2) is 10.2 Å². The molecule has 0 radical (unpaired) electrons. The lowest BCUT2D eigenvalue weighted by atomic mass is 10.1. The average Bonchev–Trinajstić information content (AvgIpc) is 2.50. The van der Waals surface area contributed by atoms with Crippen LogP contribution >= 0.6 is 0 Å². The third-order valence-electron chi connectivity index (χ3n) is 3.34. The summed E-state index contributed by atoms with van der Waals surface area (Å²) in [5.41, 5.74) is 5.01. The summed E-state index contributed by atoms with van der Waals surface area (Å²) in [4.78, 5) is 0. The number of hydrogen-bond acceptors (Lipinski definition) is 4. The quantitative estimate of drug-likeness (QED) is 0.770. The van der Waals surface area contributed by atoms with Crippen LogP contribution in [-0.2, 0) is 0 Å². The molecule has 0 aliphatic carbocycles. The van der Waals surface area contributed by atoms with Crippen molar-refractivity contribution < 1.29 is 0 Å². The Morgan fingerprint density at radius 1 is 0.952 bits per heavy atom. The first-order valence-electron chi connectivity index (χ1n) is 6.68. The number of aromatic nitrogens is 2. The summed E-state index contributed by atoms with van der Waals surface area (Å²) in [6.45, 7) is 4.05. The van der Waals surface area contributed by atoms with E-state index in [9.17, 15) is 5.26 Å². The molecule has 0 amide bonds. The standard InChI is InChI=1S/C17H14N4/c1-11-3-6-13(7-4-11)19-17-14-9-12(2)5-8-15(14)20-21-16(17)10-18/h3-9H,1-2H3,(H,19,20). The molecule has 0 aliphatic rings. The van der Waals surface area contributed by atoms with Crippen LogP contribution in [0.2, 0.25) is 0 Å². The van der Waals surface area contributed by atoms with Crippen molar-refractivity contribution in [1.29, 1.82) is 5.26 Å². The molecule has 0 atom stereocenters. The highest BCUT2D eigenvalue weighted by atomic mass is 15.1. The smallest absolute Gasteiger partial charge is 0.187 e. The van der Waals surface area contributed by atoms with Gasteiger partial charge in [0, 0.05) is 11.1 Å². The lowest BCUT2D eigenvalue weighted by Gasteiger charge is -2.11. The van der Waals surface area contributed by atoms with Crippen LogP contribution in [0.5, 0.6) is 0 Å². The van der Waals surface area contributed by atoms with Gasteiger partial charge in [0.15, 0.2) is 5.69 Å². The molecule has 0 saturated carbocycles. The number of nitriles is 1. The summed E-state index contributed by atoms with van der Waals surface area (Å²) < 4.78 is 0. The van der Waals surface area contributed by atoms with E-state index in [1.165, 1.54) is 5.56 Å². The molecule has 3 rings (SSSR count). The number of aryl methyl sites for hydroxylation is 2. The zero-order valence-corrected chi connectivity index (χ0v) is 11.9. The topological polar surface area (TPSA) is 61.6 Å². The van der Waals surface area contributed by atoms with E-state index in [-0.39, 0.29) is 0 Å². The van der Waals surface area contributed by atoms with Crippen molar-refractivity contribution in [3.8, 4) is 6.07 Å². The van der Waals surface area contributed by atoms with Gasteiger partial charge in [-0.3, -0.25) is 0 Å². The summed E-state index contributed by atoms with van der Waals surface area (Å²) in [7, 11) is 0. The minimum Gasteiger partial charge on any atom is -0.353 e. The fourth-order valence-electron chi connectivity index (χ4n) is 2.20. The highest BCUT2D eigenvalue weighted by Crippen LogP contribution is 2.28. The molecule has 3 aromatic rings. The Balaban J connectivity index is 2.17. The van der Waals surface area contributed by atoms with Gasteiger partial charge in [-0.2, -0.15) is 5.26 Å². The van der Waals surface area contributed by atoms with Crippen LogP contribution in [0.25, 0.3) is 10.9 Å². The lowest BCUT2D eigenvalue weighted by Crippen LogP contribution is -2.00. The molecule has 4 heteroatoms. The number of nitrogens with zero attached hydrogens (tertiary/aromatic N) is 3. The summed E-state index contributed by atoms with van der Waals surface area (Å²) in [5.74, 6) is 0. The van der Waals surface area contributed by atoms with Crippen LogP contribution in [0, 0.1) is 25.2 Å². The predicted molar refractivity (Wildman–Crippen MR) is 83.5 cm³/mol. The van der Waals surface area contributed by atoms with Gasteiger partial charge in [-0.05, 0) is 38.1 Å². The van der Waals surface area contributed by atoms with Crippen LogP contribution in [0.3, 0.4) is 0 Å². The van der Waals surface area contributed by atoms with Gasteiger partial charge in [0.05, 0.1) is 11.2 Å². The number of anilines is 2. The third kappa shape index (κ3) is 2.54. The maximum atomic E-state index is 9.28. The van der Waals surface area contributed by atoms with E-state index in [1.807, 2.05) is 56.3 Å². The molecule has 1 heterocycles. The number of hydrogen-bond donors (Lipinski definition) is 1. The second kappa shape index (κ2) is 5.22. The van der Waals surface area contributed by atoms with E-state index >= 15 is 0 Å². The predicted octanol–water partition coefficient (Wildman–Crippen LogP) is 3.86. The minimum atomic E-state index is 0.300. The number of nitrogens with one attached hydrogen (secondary N) is 1. The lowest BCUT2D eigenvalue weighted by molar-refractivity contribution is 1.05. The van der Waals surface area contributed by atoms with Crippen molar-refractivity contribution >= 4 is 22.3 Å². The molecular weight excluding hydrogens is 260 g/mol.